The highest BCUT2D eigenvalue weighted by molar-refractivity contribution is 6.03. The summed E-state index contributed by atoms with van der Waals surface area (Å²) in [5, 5.41) is 2.70. The molecule has 1 heterocycles. The Morgan fingerprint density at radius 1 is 1.53 bits per heavy atom. The number of hydrogen-bond acceptors (Lipinski definition) is 3. The van der Waals surface area contributed by atoms with Crippen molar-refractivity contribution in [3.8, 4) is 0 Å². The van der Waals surface area contributed by atoms with Crippen LogP contribution in [0.15, 0.2) is 30.7 Å². The van der Waals surface area contributed by atoms with E-state index in [2.05, 4.69) is 10.3 Å². The molecule has 0 unspecified atom stereocenters. The lowest BCUT2D eigenvalue weighted by Crippen LogP contribution is -2.13. The summed E-state index contributed by atoms with van der Waals surface area (Å²) in [5.74, 6) is -0.659. The van der Waals surface area contributed by atoms with Gasteiger partial charge in [-0.2, -0.15) is 0 Å². The third-order valence-electron chi connectivity index (χ3n) is 2.69. The zero-order valence-electron chi connectivity index (χ0n) is 10.6. The van der Waals surface area contributed by atoms with Gasteiger partial charge in [-0.15, -0.1) is 0 Å². The van der Waals surface area contributed by atoms with Gasteiger partial charge in [0.1, 0.15) is 11.5 Å². The number of aromatic nitrogens is 2. The number of amides is 1. The predicted octanol–water partition coefficient (Wildman–Crippen LogP) is 1.54. The monoisotopic (exact) mass is 262 g/mol. The van der Waals surface area contributed by atoms with Gasteiger partial charge in [0.05, 0.1) is 6.33 Å². The minimum atomic E-state index is -0.331. The normalized spacial score (nSPS) is 10.5. The lowest BCUT2D eigenvalue weighted by atomic mass is 10.2. The molecule has 100 valence electrons. The van der Waals surface area contributed by atoms with E-state index in [1.54, 1.807) is 24.0 Å². The standard InChI is InChI=1S/C13H15FN4O/c1-9-6-10(14)2-3-11(9)17-13(19)12-7-18(5-4-15)8-16-12/h2-3,6-8H,4-5,15H2,1H3,(H,17,19). The van der Waals surface area contributed by atoms with E-state index in [1.807, 2.05) is 0 Å². The van der Waals surface area contributed by atoms with Crippen molar-refractivity contribution in [2.75, 3.05) is 11.9 Å². The highest BCUT2D eigenvalue weighted by Crippen LogP contribution is 2.16. The fraction of sp³-hybridized carbons (Fsp3) is 0.231. The largest absolute Gasteiger partial charge is 0.335 e. The predicted molar refractivity (Wildman–Crippen MR) is 70.4 cm³/mol. The van der Waals surface area contributed by atoms with E-state index in [4.69, 9.17) is 5.73 Å². The molecule has 2 aromatic rings. The first-order chi connectivity index (χ1) is 9.10. The molecule has 1 aromatic heterocycles. The summed E-state index contributed by atoms with van der Waals surface area (Å²) < 4.78 is 14.7. The van der Waals surface area contributed by atoms with Crippen LogP contribution in [0.2, 0.25) is 0 Å². The number of carbonyl (C=O) groups is 1. The molecule has 0 saturated carbocycles. The van der Waals surface area contributed by atoms with Gasteiger partial charge in [-0.05, 0) is 30.7 Å². The number of halogens is 1. The first-order valence-corrected chi connectivity index (χ1v) is 5.89. The third kappa shape index (κ3) is 3.17. The van der Waals surface area contributed by atoms with Crippen LogP contribution in [-0.2, 0) is 6.54 Å². The van der Waals surface area contributed by atoms with Gasteiger partial charge >= 0.3 is 0 Å². The van der Waals surface area contributed by atoms with Gasteiger partial charge in [0, 0.05) is 25.0 Å². The maximum Gasteiger partial charge on any atom is 0.275 e. The van der Waals surface area contributed by atoms with Crippen molar-refractivity contribution in [2.24, 2.45) is 5.73 Å². The Morgan fingerprint density at radius 3 is 3.00 bits per heavy atom. The molecule has 0 aliphatic rings. The highest BCUT2D eigenvalue weighted by Gasteiger charge is 2.11. The molecule has 0 atom stereocenters. The Balaban J connectivity index is 2.11. The number of hydrogen-bond donors (Lipinski definition) is 2. The van der Waals surface area contributed by atoms with E-state index in [9.17, 15) is 9.18 Å². The summed E-state index contributed by atoms with van der Waals surface area (Å²) in [6.07, 6.45) is 3.18. The van der Waals surface area contributed by atoms with Crippen molar-refractivity contribution in [1.82, 2.24) is 9.55 Å². The number of aryl methyl sites for hydroxylation is 1. The van der Waals surface area contributed by atoms with Crippen molar-refractivity contribution in [3.63, 3.8) is 0 Å². The van der Waals surface area contributed by atoms with Crippen molar-refractivity contribution >= 4 is 11.6 Å². The van der Waals surface area contributed by atoms with Gasteiger partial charge in [-0.25, -0.2) is 9.37 Å². The second kappa shape index (κ2) is 5.62. The van der Waals surface area contributed by atoms with Crippen molar-refractivity contribution in [2.45, 2.75) is 13.5 Å². The molecule has 1 aromatic carbocycles. The topological polar surface area (TPSA) is 72.9 Å². The fourth-order valence-electron chi connectivity index (χ4n) is 1.70. The maximum atomic E-state index is 13.0. The van der Waals surface area contributed by atoms with E-state index < -0.39 is 0 Å². The Labute approximate surface area is 110 Å². The molecule has 0 spiro atoms. The molecular formula is C13H15FN4O. The van der Waals surface area contributed by atoms with Crippen molar-refractivity contribution < 1.29 is 9.18 Å². The van der Waals surface area contributed by atoms with Crippen LogP contribution < -0.4 is 11.1 Å². The van der Waals surface area contributed by atoms with Crippen molar-refractivity contribution in [1.29, 1.82) is 0 Å². The molecule has 3 N–H and O–H groups in total. The molecule has 0 aliphatic heterocycles. The number of imidazole rings is 1. The molecule has 0 aliphatic carbocycles. The van der Waals surface area contributed by atoms with Gasteiger partial charge in [-0.3, -0.25) is 4.79 Å². The number of nitrogens with two attached hydrogens (primary N) is 1. The summed E-state index contributed by atoms with van der Waals surface area (Å²) >= 11 is 0. The Morgan fingerprint density at radius 2 is 2.32 bits per heavy atom. The van der Waals surface area contributed by atoms with E-state index >= 15 is 0 Å². The smallest absolute Gasteiger partial charge is 0.275 e. The molecule has 5 nitrogen and oxygen atoms in total. The average Bonchev–Trinajstić information content (AvgIpc) is 2.82. The number of nitrogens with zero attached hydrogens (tertiary/aromatic N) is 2. The van der Waals surface area contributed by atoms with E-state index in [0.29, 0.717) is 30.0 Å². The SMILES string of the molecule is Cc1cc(F)ccc1NC(=O)c1cn(CCN)cn1. The molecule has 6 heteroatoms. The Hall–Kier alpha value is -2.21. The molecule has 0 bridgehead atoms. The second-order valence-electron chi connectivity index (χ2n) is 4.20. The highest BCUT2D eigenvalue weighted by atomic mass is 19.1. The van der Waals surface area contributed by atoms with E-state index in [1.165, 1.54) is 18.2 Å². The van der Waals surface area contributed by atoms with Crippen LogP contribution in [0.25, 0.3) is 0 Å². The number of rotatable bonds is 4. The molecule has 0 saturated heterocycles. The second-order valence-corrected chi connectivity index (χ2v) is 4.20. The average molecular weight is 262 g/mol. The summed E-state index contributed by atoms with van der Waals surface area (Å²) in [6.45, 7) is 2.82. The van der Waals surface area contributed by atoms with Crippen LogP contribution in [0.3, 0.4) is 0 Å². The first kappa shape index (κ1) is 13.2. The lowest BCUT2D eigenvalue weighted by molar-refractivity contribution is 0.102. The summed E-state index contributed by atoms with van der Waals surface area (Å²) in [5.41, 5.74) is 6.95. The van der Waals surface area contributed by atoms with Crippen LogP contribution in [0, 0.1) is 12.7 Å². The molecule has 19 heavy (non-hydrogen) atoms. The number of carbonyl (C=O) groups excluding carboxylic acids is 1. The summed E-state index contributed by atoms with van der Waals surface area (Å²) in [7, 11) is 0. The zero-order chi connectivity index (χ0) is 13.8. The van der Waals surface area contributed by atoms with E-state index in [0.717, 1.165) is 0 Å². The van der Waals surface area contributed by atoms with Gasteiger partial charge in [0.2, 0.25) is 0 Å². The fourth-order valence-corrected chi connectivity index (χ4v) is 1.70. The minimum absolute atomic E-state index is 0.303. The van der Waals surface area contributed by atoms with E-state index in [-0.39, 0.29) is 11.7 Å². The Bertz CT molecular complexity index is 594. The van der Waals surface area contributed by atoms with Crippen LogP contribution in [0.4, 0.5) is 10.1 Å². The number of nitrogens with one attached hydrogen (secondary N) is 1. The quantitative estimate of drug-likeness (QED) is 0.877. The maximum absolute atomic E-state index is 13.0. The number of anilines is 1. The summed E-state index contributed by atoms with van der Waals surface area (Å²) in [4.78, 5) is 16.0. The van der Waals surface area contributed by atoms with Crippen LogP contribution in [-0.4, -0.2) is 22.0 Å². The van der Waals surface area contributed by atoms with Crippen LogP contribution >= 0.6 is 0 Å². The third-order valence-corrected chi connectivity index (χ3v) is 2.69. The lowest BCUT2D eigenvalue weighted by Gasteiger charge is -2.06. The molecule has 0 radical (unpaired) electrons. The van der Waals surface area contributed by atoms with Crippen molar-refractivity contribution in [3.05, 3.63) is 47.8 Å². The van der Waals surface area contributed by atoms with Gasteiger partial charge in [0.15, 0.2) is 0 Å². The first-order valence-electron chi connectivity index (χ1n) is 5.89. The zero-order valence-corrected chi connectivity index (χ0v) is 10.6. The van der Waals surface area contributed by atoms with Gasteiger partial charge < -0.3 is 15.6 Å². The van der Waals surface area contributed by atoms with Crippen LogP contribution in [0.5, 0.6) is 0 Å². The molecular weight excluding hydrogens is 247 g/mol. The Kier molecular flexibility index (Phi) is 3.91. The molecule has 2 rings (SSSR count). The van der Waals surface area contributed by atoms with Crippen LogP contribution in [0.1, 0.15) is 16.1 Å². The van der Waals surface area contributed by atoms with Gasteiger partial charge in [0.25, 0.3) is 5.91 Å². The summed E-state index contributed by atoms with van der Waals surface area (Å²) in [6, 6.07) is 4.19. The minimum Gasteiger partial charge on any atom is -0.335 e. The molecule has 0 fully saturated rings. The van der Waals surface area contributed by atoms with Gasteiger partial charge in [-0.1, -0.05) is 0 Å². The number of benzene rings is 1. The molecule has 1 amide bonds.